The van der Waals surface area contributed by atoms with E-state index in [-0.39, 0.29) is 18.1 Å². The molecule has 0 unspecified atom stereocenters. The molecule has 1 aliphatic heterocycles. The van der Waals surface area contributed by atoms with Gasteiger partial charge in [-0.25, -0.2) is 0 Å². The summed E-state index contributed by atoms with van der Waals surface area (Å²) in [5, 5.41) is 2.94. The summed E-state index contributed by atoms with van der Waals surface area (Å²) < 4.78 is 5.59. The van der Waals surface area contributed by atoms with Crippen LogP contribution in [0.25, 0.3) is 0 Å². The van der Waals surface area contributed by atoms with E-state index >= 15 is 0 Å². The molecule has 1 N–H and O–H groups in total. The molecule has 0 aliphatic carbocycles. The Kier molecular flexibility index (Phi) is 6.85. The number of para-hydroxylation sites is 1. The molecule has 5 heteroatoms. The van der Waals surface area contributed by atoms with Gasteiger partial charge in [-0.15, -0.1) is 0 Å². The Morgan fingerprint density at radius 1 is 0.938 bits per heavy atom. The summed E-state index contributed by atoms with van der Waals surface area (Å²) in [6, 6.07) is 24.0. The summed E-state index contributed by atoms with van der Waals surface area (Å²) >= 11 is 0. The van der Waals surface area contributed by atoms with Crippen LogP contribution in [0, 0.1) is 0 Å². The zero-order chi connectivity index (χ0) is 22.3. The van der Waals surface area contributed by atoms with Crippen molar-refractivity contribution in [3.63, 3.8) is 0 Å². The highest BCUT2D eigenvalue weighted by atomic mass is 16.5. The number of benzene rings is 3. The molecule has 0 aromatic heterocycles. The van der Waals surface area contributed by atoms with Crippen LogP contribution in [-0.4, -0.2) is 24.8 Å². The van der Waals surface area contributed by atoms with Gasteiger partial charge < -0.3 is 15.0 Å². The topological polar surface area (TPSA) is 58.6 Å². The van der Waals surface area contributed by atoms with Crippen molar-refractivity contribution >= 4 is 17.4 Å². The third-order valence-corrected chi connectivity index (χ3v) is 5.73. The van der Waals surface area contributed by atoms with E-state index in [0.717, 1.165) is 25.1 Å². The first-order valence-corrected chi connectivity index (χ1v) is 11.0. The van der Waals surface area contributed by atoms with Gasteiger partial charge in [0, 0.05) is 30.9 Å². The van der Waals surface area contributed by atoms with Crippen molar-refractivity contribution in [2.24, 2.45) is 0 Å². The largest absolute Gasteiger partial charge is 0.493 e. The molecule has 0 radical (unpaired) electrons. The number of nitrogens with one attached hydrogen (secondary N) is 1. The van der Waals surface area contributed by atoms with E-state index < -0.39 is 0 Å². The average Bonchev–Trinajstić information content (AvgIpc) is 3.22. The lowest BCUT2D eigenvalue weighted by atomic mass is 10.1. The minimum absolute atomic E-state index is 0.0188. The Bertz CT molecular complexity index is 1070. The van der Waals surface area contributed by atoms with Gasteiger partial charge in [0.15, 0.2) is 5.78 Å². The standard InChI is InChI=1S/C27H28N2O3/c1-20(30)23-10-12-25(13-11-23)32-17-15-27(31)28-18-21-6-8-22(9-7-21)19-29-16-14-24-4-2-3-5-26(24)29/h2-13H,14-19H2,1H3,(H,28,31). The van der Waals surface area contributed by atoms with Crippen LogP contribution in [0.15, 0.2) is 72.8 Å². The minimum Gasteiger partial charge on any atom is -0.493 e. The number of fused-ring (bicyclic) bond motifs is 1. The van der Waals surface area contributed by atoms with Crippen LogP contribution in [0.5, 0.6) is 5.75 Å². The number of hydrogen-bond donors (Lipinski definition) is 1. The summed E-state index contributed by atoms with van der Waals surface area (Å²) in [7, 11) is 0. The summed E-state index contributed by atoms with van der Waals surface area (Å²) in [6.45, 7) is 4.27. The van der Waals surface area contributed by atoms with Crippen LogP contribution < -0.4 is 15.0 Å². The van der Waals surface area contributed by atoms with Crippen LogP contribution in [0.2, 0.25) is 0 Å². The van der Waals surface area contributed by atoms with Crippen LogP contribution in [0.3, 0.4) is 0 Å². The Hall–Kier alpha value is -3.60. The quantitative estimate of drug-likeness (QED) is 0.509. The van der Waals surface area contributed by atoms with Gasteiger partial charge in [0.2, 0.25) is 5.91 Å². The number of ketones is 1. The smallest absolute Gasteiger partial charge is 0.223 e. The van der Waals surface area contributed by atoms with E-state index in [0.29, 0.717) is 24.5 Å². The molecule has 3 aromatic rings. The summed E-state index contributed by atoms with van der Waals surface area (Å²) in [4.78, 5) is 25.8. The molecule has 0 bridgehead atoms. The van der Waals surface area contributed by atoms with Gasteiger partial charge in [0.25, 0.3) is 0 Å². The second-order valence-corrected chi connectivity index (χ2v) is 8.07. The fraction of sp³-hybridized carbons (Fsp3) is 0.259. The number of anilines is 1. The molecular formula is C27H28N2O3. The molecule has 1 aliphatic rings. The fourth-order valence-corrected chi connectivity index (χ4v) is 3.89. The van der Waals surface area contributed by atoms with Gasteiger partial charge >= 0.3 is 0 Å². The minimum atomic E-state index is -0.0527. The van der Waals surface area contributed by atoms with Crippen LogP contribution in [0.4, 0.5) is 5.69 Å². The molecule has 0 spiro atoms. The highest BCUT2D eigenvalue weighted by Gasteiger charge is 2.18. The molecule has 0 saturated heterocycles. The zero-order valence-corrected chi connectivity index (χ0v) is 18.3. The molecule has 164 valence electrons. The predicted molar refractivity (Wildman–Crippen MR) is 126 cm³/mol. The van der Waals surface area contributed by atoms with Gasteiger partial charge in [-0.1, -0.05) is 42.5 Å². The van der Waals surface area contributed by atoms with Gasteiger partial charge in [-0.2, -0.15) is 0 Å². The van der Waals surface area contributed by atoms with Crippen molar-refractivity contribution in [2.75, 3.05) is 18.1 Å². The molecule has 32 heavy (non-hydrogen) atoms. The number of ether oxygens (including phenoxy) is 1. The molecule has 1 heterocycles. The van der Waals surface area contributed by atoms with Crippen molar-refractivity contribution in [2.45, 2.75) is 32.9 Å². The first kappa shape index (κ1) is 21.6. The van der Waals surface area contributed by atoms with Crippen LogP contribution in [-0.2, 0) is 24.3 Å². The zero-order valence-electron chi connectivity index (χ0n) is 18.3. The second-order valence-electron chi connectivity index (χ2n) is 8.07. The second kappa shape index (κ2) is 10.1. The SMILES string of the molecule is CC(=O)c1ccc(OCCC(=O)NCc2ccc(CN3CCc4ccccc43)cc2)cc1. The molecule has 4 rings (SSSR count). The van der Waals surface area contributed by atoms with Crippen molar-refractivity contribution < 1.29 is 14.3 Å². The lowest BCUT2D eigenvalue weighted by molar-refractivity contribution is -0.121. The fourth-order valence-electron chi connectivity index (χ4n) is 3.89. The van der Waals surface area contributed by atoms with Gasteiger partial charge in [0.1, 0.15) is 5.75 Å². The maximum atomic E-state index is 12.1. The van der Waals surface area contributed by atoms with Crippen molar-refractivity contribution in [3.05, 3.63) is 95.1 Å². The van der Waals surface area contributed by atoms with Crippen molar-refractivity contribution in [1.29, 1.82) is 0 Å². The van der Waals surface area contributed by atoms with E-state index in [9.17, 15) is 9.59 Å². The molecule has 0 saturated carbocycles. The first-order valence-electron chi connectivity index (χ1n) is 11.0. The van der Waals surface area contributed by atoms with E-state index in [1.54, 1.807) is 24.3 Å². The summed E-state index contributed by atoms with van der Waals surface area (Å²) in [6.07, 6.45) is 1.38. The Morgan fingerprint density at radius 3 is 2.41 bits per heavy atom. The van der Waals surface area contributed by atoms with Gasteiger partial charge in [-0.3, -0.25) is 9.59 Å². The third kappa shape index (κ3) is 5.55. The summed E-state index contributed by atoms with van der Waals surface area (Å²) in [5.41, 5.74) is 5.74. The average molecular weight is 429 g/mol. The molecule has 3 aromatic carbocycles. The van der Waals surface area contributed by atoms with Crippen molar-refractivity contribution in [1.82, 2.24) is 5.32 Å². The highest BCUT2D eigenvalue weighted by molar-refractivity contribution is 5.94. The van der Waals surface area contributed by atoms with Crippen LogP contribution in [0.1, 0.15) is 40.4 Å². The maximum Gasteiger partial charge on any atom is 0.223 e. The van der Waals surface area contributed by atoms with Gasteiger partial charge in [0.05, 0.1) is 13.0 Å². The van der Waals surface area contributed by atoms with E-state index in [4.69, 9.17) is 4.74 Å². The van der Waals surface area contributed by atoms with Gasteiger partial charge in [-0.05, 0) is 60.4 Å². The molecule has 5 nitrogen and oxygen atoms in total. The lowest BCUT2D eigenvalue weighted by Crippen LogP contribution is -2.24. The number of nitrogens with zero attached hydrogens (tertiary/aromatic N) is 1. The number of Topliss-reactive ketones (excluding diaryl/α,β-unsaturated/α-hetero) is 1. The van der Waals surface area contributed by atoms with E-state index in [1.807, 2.05) is 0 Å². The number of carbonyl (C=O) groups excluding carboxylic acids is 2. The Labute approximate surface area is 189 Å². The number of hydrogen-bond acceptors (Lipinski definition) is 4. The maximum absolute atomic E-state index is 12.1. The Balaban J connectivity index is 1.19. The molecule has 0 atom stereocenters. The van der Waals surface area contributed by atoms with E-state index in [2.05, 4.69) is 58.7 Å². The predicted octanol–water partition coefficient (Wildman–Crippen LogP) is 4.54. The normalized spacial score (nSPS) is 12.3. The molecule has 0 fully saturated rings. The van der Waals surface area contributed by atoms with Crippen LogP contribution >= 0.6 is 0 Å². The lowest BCUT2D eigenvalue weighted by Gasteiger charge is -2.19. The first-order chi connectivity index (χ1) is 15.6. The Morgan fingerprint density at radius 2 is 1.66 bits per heavy atom. The third-order valence-electron chi connectivity index (χ3n) is 5.73. The molecular weight excluding hydrogens is 400 g/mol. The number of carbonyl (C=O) groups is 2. The van der Waals surface area contributed by atoms with Crippen molar-refractivity contribution in [3.8, 4) is 5.75 Å². The summed E-state index contributed by atoms with van der Waals surface area (Å²) in [5.74, 6) is 0.618. The number of amides is 1. The molecule has 1 amide bonds. The number of rotatable bonds is 9. The van der Waals surface area contributed by atoms with E-state index in [1.165, 1.54) is 23.7 Å². The highest BCUT2D eigenvalue weighted by Crippen LogP contribution is 2.28. The monoisotopic (exact) mass is 428 g/mol.